The quantitative estimate of drug-likeness (QED) is 0.423. The summed E-state index contributed by atoms with van der Waals surface area (Å²) in [6.45, 7) is 10.7. The molecular formula is C24H34O5. The Kier molecular flexibility index (Phi) is 9.83. The van der Waals surface area contributed by atoms with E-state index in [4.69, 9.17) is 9.84 Å². The second-order valence-corrected chi connectivity index (χ2v) is 8.23. The van der Waals surface area contributed by atoms with E-state index < -0.39 is 24.5 Å². The third-order valence-electron chi connectivity index (χ3n) is 5.04. The van der Waals surface area contributed by atoms with Gasteiger partial charge in [0, 0.05) is 0 Å². The minimum absolute atomic E-state index is 0.0171. The van der Waals surface area contributed by atoms with Crippen LogP contribution in [0.15, 0.2) is 58.7 Å². The van der Waals surface area contributed by atoms with Crippen molar-refractivity contribution in [3.05, 3.63) is 58.7 Å². The molecule has 0 saturated heterocycles. The van der Waals surface area contributed by atoms with Gasteiger partial charge in [-0.1, -0.05) is 60.9 Å². The van der Waals surface area contributed by atoms with Crippen LogP contribution in [0.4, 0.5) is 0 Å². The summed E-state index contributed by atoms with van der Waals surface area (Å²) >= 11 is 0. The highest BCUT2D eigenvalue weighted by Gasteiger charge is 2.26. The number of allylic oxidation sites excluding steroid dienone is 9. The van der Waals surface area contributed by atoms with Crippen molar-refractivity contribution < 1.29 is 24.5 Å². The van der Waals surface area contributed by atoms with Crippen LogP contribution in [0.1, 0.15) is 60.3 Å². The first-order valence-electron chi connectivity index (χ1n) is 9.99. The van der Waals surface area contributed by atoms with Gasteiger partial charge in [-0.05, 0) is 57.1 Å². The van der Waals surface area contributed by atoms with Gasteiger partial charge >= 0.3 is 11.9 Å². The van der Waals surface area contributed by atoms with Crippen LogP contribution in [-0.4, -0.2) is 34.9 Å². The first-order valence-corrected chi connectivity index (χ1v) is 9.99. The zero-order valence-electron chi connectivity index (χ0n) is 18.2. The fourth-order valence-electron chi connectivity index (χ4n) is 3.30. The minimum atomic E-state index is -1.64. The van der Waals surface area contributed by atoms with E-state index in [0.717, 1.165) is 11.1 Å². The second kappa shape index (κ2) is 11.6. The number of carboxylic acids is 1. The van der Waals surface area contributed by atoms with E-state index >= 15 is 0 Å². The number of hydrogen-bond donors (Lipinski definition) is 2. The van der Waals surface area contributed by atoms with Crippen LogP contribution in [0, 0.1) is 5.41 Å². The van der Waals surface area contributed by atoms with Crippen molar-refractivity contribution in [1.82, 2.24) is 0 Å². The normalized spacial score (nSPS) is 19.1. The number of aliphatic hydroxyl groups excluding tert-OH is 1. The summed E-state index contributed by atoms with van der Waals surface area (Å²) in [5, 5.41) is 17.9. The SMILES string of the molecule is CC1=C(/C=C/C(C)=C\C=C\C(C)=C\COC(=O)C(O)CC(=O)O)C(C)(C)CCC1. The van der Waals surface area contributed by atoms with Gasteiger partial charge in [-0.25, -0.2) is 4.79 Å². The van der Waals surface area contributed by atoms with Gasteiger partial charge in [-0.3, -0.25) is 4.79 Å². The number of rotatable bonds is 9. The molecule has 0 aromatic heterocycles. The van der Waals surface area contributed by atoms with E-state index in [1.807, 2.05) is 25.2 Å². The molecule has 2 N–H and O–H groups in total. The maximum atomic E-state index is 11.4. The van der Waals surface area contributed by atoms with E-state index in [2.05, 4.69) is 39.8 Å². The molecule has 5 heteroatoms. The van der Waals surface area contributed by atoms with Crippen LogP contribution in [0.3, 0.4) is 0 Å². The lowest BCUT2D eigenvalue weighted by Crippen LogP contribution is -2.25. The number of aliphatic carboxylic acids is 1. The Hall–Kier alpha value is -2.40. The Bertz CT molecular complexity index is 747. The third kappa shape index (κ3) is 9.09. The van der Waals surface area contributed by atoms with Crippen molar-refractivity contribution in [1.29, 1.82) is 0 Å². The van der Waals surface area contributed by atoms with E-state index in [1.165, 1.54) is 30.4 Å². The number of ether oxygens (including phenoxy) is 1. The van der Waals surface area contributed by atoms with Crippen molar-refractivity contribution >= 4 is 11.9 Å². The minimum Gasteiger partial charge on any atom is -0.481 e. The van der Waals surface area contributed by atoms with Gasteiger partial charge < -0.3 is 14.9 Å². The Labute approximate surface area is 174 Å². The van der Waals surface area contributed by atoms with Gasteiger partial charge in [0.15, 0.2) is 6.10 Å². The zero-order chi connectivity index (χ0) is 22.0. The summed E-state index contributed by atoms with van der Waals surface area (Å²) in [6, 6.07) is 0. The number of hydrogen-bond acceptors (Lipinski definition) is 4. The fourth-order valence-corrected chi connectivity index (χ4v) is 3.30. The van der Waals surface area contributed by atoms with E-state index in [1.54, 1.807) is 6.08 Å². The van der Waals surface area contributed by atoms with Gasteiger partial charge in [0.2, 0.25) is 0 Å². The smallest absolute Gasteiger partial charge is 0.335 e. The van der Waals surface area contributed by atoms with E-state index in [-0.39, 0.29) is 12.0 Å². The van der Waals surface area contributed by atoms with Crippen LogP contribution in [0.2, 0.25) is 0 Å². The Morgan fingerprint density at radius 2 is 1.90 bits per heavy atom. The van der Waals surface area contributed by atoms with Gasteiger partial charge in [-0.2, -0.15) is 0 Å². The summed E-state index contributed by atoms with van der Waals surface area (Å²) < 4.78 is 4.84. The molecule has 1 rings (SSSR count). The summed E-state index contributed by atoms with van der Waals surface area (Å²) in [5.74, 6) is -2.18. The van der Waals surface area contributed by atoms with Crippen LogP contribution in [0.25, 0.3) is 0 Å². The fraction of sp³-hybridized carbons (Fsp3) is 0.500. The molecular weight excluding hydrogens is 368 g/mol. The highest BCUT2D eigenvalue weighted by atomic mass is 16.5. The van der Waals surface area contributed by atoms with Crippen molar-refractivity contribution in [2.45, 2.75) is 66.4 Å². The molecule has 1 aliphatic carbocycles. The van der Waals surface area contributed by atoms with Crippen LogP contribution in [0.5, 0.6) is 0 Å². The first kappa shape index (κ1) is 24.6. The van der Waals surface area contributed by atoms with Gasteiger partial charge in [0.05, 0.1) is 6.42 Å². The maximum Gasteiger partial charge on any atom is 0.335 e. The van der Waals surface area contributed by atoms with Gasteiger partial charge in [0.25, 0.3) is 0 Å². The molecule has 1 unspecified atom stereocenters. The number of carbonyl (C=O) groups is 2. The largest absolute Gasteiger partial charge is 0.481 e. The standard InChI is InChI=1S/C24H34O5/c1-17(11-12-20-19(3)10-7-14-24(20,4)5)8-6-9-18(2)13-15-29-23(28)21(25)16-22(26)27/h6,8-9,11-13,21,25H,7,10,14-16H2,1-5H3,(H,26,27)/b9-6+,12-11+,17-8-,18-13+. The van der Waals surface area contributed by atoms with Gasteiger partial charge in [0.1, 0.15) is 6.61 Å². The molecule has 0 spiro atoms. The topological polar surface area (TPSA) is 83.8 Å². The Balaban J connectivity index is 2.57. The lowest BCUT2D eigenvalue weighted by Gasteiger charge is -2.32. The van der Waals surface area contributed by atoms with Crippen LogP contribution in [-0.2, 0) is 14.3 Å². The molecule has 0 saturated carbocycles. The van der Waals surface area contributed by atoms with Crippen LogP contribution < -0.4 is 0 Å². The molecule has 1 aliphatic rings. The lowest BCUT2D eigenvalue weighted by molar-refractivity contribution is -0.157. The molecule has 0 aromatic rings. The summed E-state index contributed by atoms with van der Waals surface area (Å²) in [4.78, 5) is 21.9. The molecule has 29 heavy (non-hydrogen) atoms. The monoisotopic (exact) mass is 402 g/mol. The summed E-state index contributed by atoms with van der Waals surface area (Å²) in [6.07, 6.45) is 13.3. The number of aliphatic hydroxyl groups is 1. The number of esters is 1. The molecule has 0 aromatic carbocycles. The maximum absolute atomic E-state index is 11.4. The Morgan fingerprint density at radius 3 is 2.52 bits per heavy atom. The molecule has 0 radical (unpaired) electrons. The molecule has 160 valence electrons. The zero-order valence-corrected chi connectivity index (χ0v) is 18.2. The molecule has 0 bridgehead atoms. The van der Waals surface area contributed by atoms with Crippen LogP contribution >= 0.6 is 0 Å². The first-order chi connectivity index (χ1) is 13.5. The van der Waals surface area contributed by atoms with Crippen molar-refractivity contribution in [3.8, 4) is 0 Å². The Morgan fingerprint density at radius 1 is 1.21 bits per heavy atom. The average Bonchev–Trinajstić information content (AvgIpc) is 2.60. The van der Waals surface area contributed by atoms with E-state index in [0.29, 0.717) is 0 Å². The summed E-state index contributed by atoms with van der Waals surface area (Å²) in [5.41, 5.74) is 5.17. The van der Waals surface area contributed by atoms with Crippen molar-refractivity contribution in [2.24, 2.45) is 5.41 Å². The molecule has 0 amide bonds. The average molecular weight is 403 g/mol. The molecule has 5 nitrogen and oxygen atoms in total. The third-order valence-corrected chi connectivity index (χ3v) is 5.04. The number of carbonyl (C=O) groups excluding carboxylic acids is 1. The molecule has 0 heterocycles. The predicted molar refractivity (Wildman–Crippen MR) is 115 cm³/mol. The molecule has 1 atom stereocenters. The summed E-state index contributed by atoms with van der Waals surface area (Å²) in [7, 11) is 0. The highest BCUT2D eigenvalue weighted by Crippen LogP contribution is 2.40. The highest BCUT2D eigenvalue weighted by molar-refractivity contribution is 5.80. The molecule has 0 aliphatic heterocycles. The predicted octanol–water partition coefficient (Wildman–Crippen LogP) is 4.90. The van der Waals surface area contributed by atoms with Crippen molar-refractivity contribution in [2.75, 3.05) is 6.61 Å². The van der Waals surface area contributed by atoms with Crippen molar-refractivity contribution in [3.63, 3.8) is 0 Å². The second-order valence-electron chi connectivity index (χ2n) is 8.23. The lowest BCUT2D eigenvalue weighted by atomic mass is 9.72. The van der Waals surface area contributed by atoms with E-state index in [9.17, 15) is 14.7 Å². The number of carboxylic acid groups (broad SMARTS) is 1. The molecule has 0 fully saturated rings. The van der Waals surface area contributed by atoms with Gasteiger partial charge in [-0.15, -0.1) is 0 Å².